The minimum Gasteiger partial charge on any atom is -0.497 e. The Balaban J connectivity index is 0.000000342. The van der Waals surface area contributed by atoms with Crippen LogP contribution in [-0.2, 0) is 68.7 Å². The maximum absolute atomic E-state index is 12.5. The largest absolute Gasteiger partial charge is 0.497 e. The molecule has 0 bridgehead atoms. The molecule has 6 atom stereocenters. The fourth-order valence-corrected chi connectivity index (χ4v) is 14.6. The Morgan fingerprint density at radius 1 is 0.490 bits per heavy atom. The number of rotatable bonds is 26. The molecule has 4 amide bonds. The highest BCUT2D eigenvalue weighted by Gasteiger charge is 2.37. The van der Waals surface area contributed by atoms with Gasteiger partial charge in [-0.15, -0.1) is 23.2 Å². The van der Waals surface area contributed by atoms with Crippen molar-refractivity contribution >= 4 is 140 Å². The standard InChI is InChI=1S/C20H26ClN3O.C19H22ClN3O2.C15H20N2O3.C15H24N2O.C8H14ClNO3.C8H11NO.C7H5ClO2.C6H13NO2.C5H3ClFN.C2H2Cl2O/c1-15(2)19-14-23(13-16-4-7-18(25-3)8-5-16)10-11-24(19)20-9-6-17(21)12-22-20;1-14(2)17-13-22(19(24)25-16-6-4-3-5-7-16)10-11-23(17)18-9-8-15(20)12-21-18;1-10(2)14-15(19)17(9-13(18)16-14)8-11-4-6-12(20-3)7-5-11;1-12(2)15-11-17(9-8-16-15)10-13-4-6-14(18-3)7-5-13;1-5(2)7(8(12)13-3)10-6(11)4-9;1-10-8-4-2-7(6-9)3-5-8;8-10-7(9)6-4-2-1-3-5-6;1-4(2)5(7)6(8)9-3;6-4-1-2-5(7)8-3-4;3-1-2(4)5/h4-9,12,15,19H,10-11,13-14H2,1-3H3;3-9,12,14,17H,10-11,13H2,1-2H3;4-7,10,14H,8-9H2,1-3H3,(H,16,18);4-7,12,15-16H,8-11H2,1-3H3;5,7H,4H2,1-3H3,(H,10,11);2-5H,6,9H2,1H3;1-5H;4-5H,7H2,1-3H3;1-3H;1H2/t19-;17-;14-;15-;7-;;;5-;;/m11010..0../s1. The second-order valence-electron chi connectivity index (χ2n) is 34.9. The number of aromatic nitrogens is 3. The van der Waals surface area contributed by atoms with Crippen LogP contribution in [0.5, 0.6) is 28.7 Å². The van der Waals surface area contributed by atoms with E-state index in [-0.39, 0.29) is 71.9 Å². The number of carbonyl (C=O) groups excluding carboxylic acids is 8. The summed E-state index contributed by atoms with van der Waals surface area (Å²) in [6, 6.07) is 59.8. The van der Waals surface area contributed by atoms with Gasteiger partial charge in [0.05, 0.1) is 81.8 Å². The Morgan fingerprint density at radius 2 is 0.923 bits per heavy atom. The maximum Gasteiger partial charge on any atom is 0.415 e. The molecule has 0 spiro atoms. The molecule has 6 aromatic carbocycles. The molecule has 9 aromatic rings. The van der Waals surface area contributed by atoms with Crippen molar-refractivity contribution in [2.75, 3.05) is 130 Å². The number of methoxy groups -OCH3 is 6. The summed E-state index contributed by atoms with van der Waals surface area (Å²) in [5, 5.41) is 10.1. The van der Waals surface area contributed by atoms with Crippen LogP contribution in [0.25, 0.3) is 0 Å². The van der Waals surface area contributed by atoms with Crippen molar-refractivity contribution in [3.8, 4) is 28.7 Å². The van der Waals surface area contributed by atoms with Crippen molar-refractivity contribution in [1.29, 1.82) is 0 Å². The number of anilines is 2. The van der Waals surface area contributed by atoms with Gasteiger partial charge in [0.2, 0.25) is 28.9 Å². The average molecular weight is 2120 g/mol. The average Bonchev–Trinajstić information content (AvgIpc) is 1.43. The highest BCUT2D eigenvalue weighted by atomic mass is 35.5. The summed E-state index contributed by atoms with van der Waals surface area (Å²) in [7, 11) is 9.29. The van der Waals surface area contributed by atoms with Crippen LogP contribution in [0.15, 0.2) is 213 Å². The number of esters is 2. The van der Waals surface area contributed by atoms with E-state index in [4.69, 9.17) is 117 Å². The molecule has 782 valence electrons. The van der Waals surface area contributed by atoms with E-state index in [0.29, 0.717) is 88.9 Å². The lowest BCUT2D eigenvalue weighted by atomic mass is 9.99. The first-order chi connectivity index (χ1) is 68.2. The number of carbonyl (C=O) groups is 8. The minimum absolute atomic E-state index is 0.0142. The van der Waals surface area contributed by atoms with Crippen LogP contribution in [-0.4, -0.2) is 238 Å². The molecule has 38 heteroatoms. The number of halogens is 8. The lowest BCUT2D eigenvalue weighted by Crippen LogP contribution is -2.59. The molecule has 143 heavy (non-hydrogen) atoms. The van der Waals surface area contributed by atoms with E-state index in [0.717, 1.165) is 98.1 Å². The van der Waals surface area contributed by atoms with Crippen molar-refractivity contribution in [2.45, 2.75) is 146 Å². The van der Waals surface area contributed by atoms with Crippen molar-refractivity contribution in [3.63, 3.8) is 0 Å². The van der Waals surface area contributed by atoms with Gasteiger partial charge in [-0.05, 0) is 179 Å². The number of hydrogen-bond donors (Lipinski definition) is 5. The third-order valence-electron chi connectivity index (χ3n) is 22.4. The first kappa shape index (κ1) is 124. The zero-order chi connectivity index (χ0) is 106. The smallest absolute Gasteiger partial charge is 0.415 e. The van der Waals surface area contributed by atoms with Gasteiger partial charge in [-0.2, -0.15) is 4.39 Å². The Kier molecular flexibility index (Phi) is 59.5. The normalized spacial score (nSPS) is 15.7. The van der Waals surface area contributed by atoms with Gasteiger partial charge < -0.3 is 84.5 Å². The van der Waals surface area contributed by atoms with Gasteiger partial charge in [0, 0.05) is 116 Å². The van der Waals surface area contributed by atoms with E-state index >= 15 is 0 Å². The quantitative estimate of drug-likeness (QED) is 0.0145. The van der Waals surface area contributed by atoms with Crippen LogP contribution in [0.3, 0.4) is 0 Å². The van der Waals surface area contributed by atoms with Gasteiger partial charge in [0.1, 0.15) is 76.3 Å². The fourth-order valence-electron chi connectivity index (χ4n) is 14.1. The predicted octanol–water partition coefficient (Wildman–Crippen LogP) is 18.2. The zero-order valence-corrected chi connectivity index (χ0v) is 90.0. The SMILES string of the molecule is CC(C)[C@H]1CN(C(=O)Oc2ccccc2)CCN1c1ccc(Cl)cn1.COC(=O)[C@@H](N)C(C)C.COC(=O)[C@@H](NC(=O)CCl)C(C)C.COc1ccc(CN)cc1.COc1ccc(CN2CC(=O)N[C@@H](C(C)C)C2=O)cc1.COc1ccc(CN2CCN(c3ccc(Cl)cn3)[C@@H](C(C)C)C2)cc1.COc1ccc(CN2CCN[C@@H](C(C)C)C2)cc1.Fc1ccc(Cl)cn1.O=C(Cl)CCl.O=C(OCl)c1ccccc1. The van der Waals surface area contributed by atoms with Gasteiger partial charge in [0.25, 0.3) is 0 Å². The molecule has 0 radical (unpaired) electrons. The number of benzene rings is 6. The number of hydrogen-bond acceptors (Lipinski definition) is 26. The second-order valence-corrected chi connectivity index (χ2v) is 37.3. The van der Waals surface area contributed by atoms with Gasteiger partial charge in [0.15, 0.2) is 0 Å². The Bertz CT molecular complexity index is 5100. The van der Waals surface area contributed by atoms with Gasteiger partial charge in [-0.25, -0.2) is 29.3 Å². The minimum atomic E-state index is -0.615. The number of pyridine rings is 3. The highest BCUT2D eigenvalue weighted by molar-refractivity contribution is 6.67. The van der Waals surface area contributed by atoms with Crippen molar-refractivity contribution in [1.82, 2.24) is 50.5 Å². The lowest BCUT2D eigenvalue weighted by Gasteiger charge is -2.44. The highest BCUT2D eigenvalue weighted by Crippen LogP contribution is 2.29. The summed E-state index contributed by atoms with van der Waals surface area (Å²) in [6.07, 6.45) is 4.35. The van der Waals surface area contributed by atoms with E-state index < -0.39 is 41.3 Å². The molecular formula is C105H140Cl7FN14O16. The monoisotopic (exact) mass is 2120 g/mol. The molecule has 4 fully saturated rings. The molecule has 7 N–H and O–H groups in total. The van der Waals surface area contributed by atoms with Gasteiger partial charge in [-0.1, -0.05) is 203 Å². The summed E-state index contributed by atoms with van der Waals surface area (Å²) in [5.41, 5.74) is 16.0. The summed E-state index contributed by atoms with van der Waals surface area (Å²) in [6.45, 7) is 36.2. The molecule has 30 nitrogen and oxygen atoms in total. The molecule has 4 saturated heterocycles. The number of nitrogens with two attached hydrogens (primary N) is 2. The summed E-state index contributed by atoms with van der Waals surface area (Å²) in [5.74, 6) is 5.24. The number of piperazine rings is 4. The molecule has 13 rings (SSSR count). The second kappa shape index (κ2) is 68.4. The third kappa shape index (κ3) is 47.2. The number of alkyl halides is 2. The first-order valence-electron chi connectivity index (χ1n) is 46.6. The van der Waals surface area contributed by atoms with Crippen LogP contribution >= 0.6 is 81.5 Å². The molecule has 0 aliphatic carbocycles. The number of nitrogens with zero attached hydrogens (tertiary/aromatic N) is 9. The molecule has 4 aliphatic rings. The summed E-state index contributed by atoms with van der Waals surface area (Å²) in [4.78, 5) is 115. The lowest BCUT2D eigenvalue weighted by molar-refractivity contribution is -0.146. The van der Waals surface area contributed by atoms with Crippen LogP contribution < -0.4 is 60.9 Å². The van der Waals surface area contributed by atoms with E-state index in [1.54, 1.807) is 87.0 Å². The third-order valence-corrected chi connectivity index (χ3v) is 23.9. The fraction of sp³-hybridized carbons (Fsp3) is 0.438. The summed E-state index contributed by atoms with van der Waals surface area (Å²) < 4.78 is 50.8. The van der Waals surface area contributed by atoms with E-state index in [9.17, 15) is 42.7 Å². The van der Waals surface area contributed by atoms with Gasteiger partial charge in [-0.3, -0.25) is 33.8 Å². The number of amides is 4. The predicted molar refractivity (Wildman–Crippen MR) is 567 cm³/mol. The van der Waals surface area contributed by atoms with E-state index in [2.05, 4.69) is 130 Å². The Morgan fingerprint density at radius 3 is 1.29 bits per heavy atom. The number of ether oxygens (including phenoxy) is 7. The molecule has 7 heterocycles. The maximum atomic E-state index is 12.5. The molecule has 0 saturated carbocycles. The zero-order valence-electron chi connectivity index (χ0n) is 84.7. The van der Waals surface area contributed by atoms with Crippen molar-refractivity contribution in [2.24, 2.45) is 47.0 Å². The molecule has 4 aliphatic heterocycles. The van der Waals surface area contributed by atoms with Gasteiger partial charge >= 0.3 is 24.0 Å². The van der Waals surface area contributed by atoms with Crippen LogP contribution in [0.2, 0.25) is 15.1 Å². The number of para-hydroxylation sites is 1. The van der Waals surface area contributed by atoms with Crippen molar-refractivity contribution in [3.05, 3.63) is 262 Å². The number of nitrogens with one attached hydrogen (secondary N) is 3. The molecule has 0 unspecified atom stereocenters. The van der Waals surface area contributed by atoms with Crippen LogP contribution in [0, 0.1) is 41.5 Å². The molecular weight excluding hydrogens is 1980 g/mol. The first-order valence-corrected chi connectivity index (χ1v) is 49.5. The van der Waals surface area contributed by atoms with Crippen LogP contribution in [0.4, 0.5) is 20.8 Å². The van der Waals surface area contributed by atoms with E-state index in [1.807, 2.05) is 163 Å². The summed E-state index contributed by atoms with van der Waals surface area (Å²) >= 11 is 37.0. The van der Waals surface area contributed by atoms with Crippen LogP contribution in [0.1, 0.15) is 116 Å². The Labute approximate surface area is 877 Å². The van der Waals surface area contributed by atoms with Crippen molar-refractivity contribution < 1.29 is 80.2 Å². The topological polar surface area (TPSA) is 357 Å². The van der Waals surface area contributed by atoms with E-state index in [1.165, 1.54) is 43.7 Å². The molecule has 3 aromatic heterocycles. The Hall–Kier alpha value is -10.9.